The van der Waals surface area contributed by atoms with Crippen molar-refractivity contribution in [2.24, 2.45) is 0 Å². The second-order valence-electron chi connectivity index (χ2n) is 6.43. The van der Waals surface area contributed by atoms with Crippen molar-refractivity contribution < 1.29 is 4.79 Å². The molecule has 0 fully saturated rings. The number of aromatic nitrogens is 1. The molecule has 3 rings (SSSR count). The molecule has 2 aromatic rings. The number of pyridine rings is 1. The van der Waals surface area contributed by atoms with Gasteiger partial charge in [-0.25, -0.2) is 0 Å². The van der Waals surface area contributed by atoms with E-state index in [2.05, 4.69) is 29.6 Å². The standard InChI is InChI=1S/C20H24N2O2/c23-19(21-12-6-14-22-13-4-3-11-20(22)24)15-17-9-5-8-16-7-1-2-10-18(16)17/h1-4,7,10-11,13,17H,5-6,8-9,12,14-15H2,(H,21,23)/t17-/m0/s1. The normalized spacial score (nSPS) is 16.4. The van der Waals surface area contributed by atoms with Gasteiger partial charge in [0.15, 0.2) is 0 Å². The topological polar surface area (TPSA) is 51.1 Å². The lowest BCUT2D eigenvalue weighted by Gasteiger charge is -2.25. The van der Waals surface area contributed by atoms with Gasteiger partial charge in [0.05, 0.1) is 0 Å². The monoisotopic (exact) mass is 324 g/mol. The number of nitrogens with one attached hydrogen (secondary N) is 1. The van der Waals surface area contributed by atoms with Crippen molar-refractivity contribution in [3.8, 4) is 0 Å². The van der Waals surface area contributed by atoms with Crippen LogP contribution in [-0.2, 0) is 17.8 Å². The summed E-state index contributed by atoms with van der Waals surface area (Å²) in [7, 11) is 0. The Balaban J connectivity index is 1.45. The number of nitrogens with zero attached hydrogens (tertiary/aromatic N) is 1. The molecule has 1 aliphatic carbocycles. The molecule has 1 N–H and O–H groups in total. The smallest absolute Gasteiger partial charge is 0.250 e. The lowest BCUT2D eigenvalue weighted by atomic mass is 9.81. The van der Waals surface area contributed by atoms with Crippen LogP contribution in [0.25, 0.3) is 0 Å². The fourth-order valence-corrected chi connectivity index (χ4v) is 3.49. The van der Waals surface area contributed by atoms with E-state index in [1.54, 1.807) is 22.9 Å². The van der Waals surface area contributed by atoms with Crippen LogP contribution < -0.4 is 10.9 Å². The summed E-state index contributed by atoms with van der Waals surface area (Å²) in [5.74, 6) is 0.448. The van der Waals surface area contributed by atoms with E-state index in [1.807, 2.05) is 6.07 Å². The third kappa shape index (κ3) is 4.13. The molecule has 1 atom stereocenters. The van der Waals surface area contributed by atoms with Crippen molar-refractivity contribution in [3.63, 3.8) is 0 Å². The van der Waals surface area contributed by atoms with E-state index in [-0.39, 0.29) is 11.5 Å². The minimum Gasteiger partial charge on any atom is -0.356 e. The van der Waals surface area contributed by atoms with Crippen molar-refractivity contribution in [2.45, 2.75) is 44.6 Å². The third-order valence-corrected chi connectivity index (χ3v) is 4.72. The third-order valence-electron chi connectivity index (χ3n) is 4.72. The predicted molar refractivity (Wildman–Crippen MR) is 95.1 cm³/mol. The number of carbonyl (C=O) groups excluding carboxylic acids is 1. The SMILES string of the molecule is O=C(C[C@@H]1CCCc2ccccc21)NCCCn1ccccc1=O. The molecule has 0 unspecified atom stereocenters. The number of aryl methyl sites for hydroxylation is 2. The average molecular weight is 324 g/mol. The van der Waals surface area contributed by atoms with Gasteiger partial charge in [0.2, 0.25) is 11.5 Å². The Bertz CT molecular complexity index is 751. The fourth-order valence-electron chi connectivity index (χ4n) is 3.49. The summed E-state index contributed by atoms with van der Waals surface area (Å²) < 4.78 is 1.67. The molecule has 0 spiro atoms. The lowest BCUT2D eigenvalue weighted by molar-refractivity contribution is -0.121. The van der Waals surface area contributed by atoms with Crippen LogP contribution in [0, 0.1) is 0 Å². The van der Waals surface area contributed by atoms with Gasteiger partial charge in [-0.1, -0.05) is 30.3 Å². The summed E-state index contributed by atoms with van der Waals surface area (Å²) in [4.78, 5) is 23.8. The zero-order chi connectivity index (χ0) is 16.8. The summed E-state index contributed by atoms with van der Waals surface area (Å²) in [5, 5.41) is 3.00. The van der Waals surface area contributed by atoms with Gasteiger partial charge in [0, 0.05) is 31.8 Å². The minimum absolute atomic E-state index is 0.00244. The molecule has 0 aliphatic heterocycles. The van der Waals surface area contributed by atoms with Gasteiger partial charge in [0.1, 0.15) is 0 Å². The molecule has 4 heteroatoms. The van der Waals surface area contributed by atoms with Gasteiger partial charge in [0.25, 0.3) is 0 Å². The Morgan fingerprint density at radius 3 is 2.88 bits per heavy atom. The Morgan fingerprint density at radius 1 is 1.17 bits per heavy atom. The van der Waals surface area contributed by atoms with E-state index in [1.165, 1.54) is 11.1 Å². The molecular formula is C20H24N2O2. The molecule has 4 nitrogen and oxygen atoms in total. The van der Waals surface area contributed by atoms with Gasteiger partial charge in [-0.3, -0.25) is 9.59 Å². The van der Waals surface area contributed by atoms with Crippen LogP contribution in [0.3, 0.4) is 0 Å². The lowest BCUT2D eigenvalue weighted by Crippen LogP contribution is -2.28. The van der Waals surface area contributed by atoms with Crippen molar-refractivity contribution in [1.29, 1.82) is 0 Å². The predicted octanol–water partition coefficient (Wildman–Crippen LogP) is 2.86. The van der Waals surface area contributed by atoms with Crippen LogP contribution in [0.5, 0.6) is 0 Å². The average Bonchev–Trinajstić information content (AvgIpc) is 2.60. The molecule has 24 heavy (non-hydrogen) atoms. The quantitative estimate of drug-likeness (QED) is 0.831. The molecule has 1 aromatic heterocycles. The number of fused-ring (bicyclic) bond motifs is 1. The van der Waals surface area contributed by atoms with Crippen molar-refractivity contribution in [3.05, 3.63) is 70.1 Å². The number of amides is 1. The van der Waals surface area contributed by atoms with E-state index in [9.17, 15) is 9.59 Å². The Morgan fingerprint density at radius 2 is 2.00 bits per heavy atom. The van der Waals surface area contributed by atoms with Crippen LogP contribution in [0.2, 0.25) is 0 Å². The Kier molecular flexibility index (Phi) is 5.47. The molecule has 0 saturated carbocycles. The minimum atomic E-state index is 0.00244. The Labute approximate surface area is 142 Å². The van der Waals surface area contributed by atoms with Crippen LogP contribution in [0.1, 0.15) is 42.7 Å². The summed E-state index contributed by atoms with van der Waals surface area (Å²) in [6.07, 6.45) is 6.47. The van der Waals surface area contributed by atoms with Crippen molar-refractivity contribution in [1.82, 2.24) is 9.88 Å². The molecule has 1 aliphatic rings. The van der Waals surface area contributed by atoms with Crippen LogP contribution in [-0.4, -0.2) is 17.0 Å². The molecule has 0 bridgehead atoms. The van der Waals surface area contributed by atoms with Crippen molar-refractivity contribution in [2.75, 3.05) is 6.54 Å². The first-order valence-corrected chi connectivity index (χ1v) is 8.74. The van der Waals surface area contributed by atoms with Crippen LogP contribution >= 0.6 is 0 Å². The second-order valence-corrected chi connectivity index (χ2v) is 6.43. The van der Waals surface area contributed by atoms with Gasteiger partial charge >= 0.3 is 0 Å². The maximum atomic E-state index is 12.2. The molecular weight excluding hydrogens is 300 g/mol. The zero-order valence-electron chi connectivity index (χ0n) is 13.9. The summed E-state index contributed by atoms with van der Waals surface area (Å²) in [6, 6.07) is 13.6. The highest BCUT2D eigenvalue weighted by Gasteiger charge is 2.21. The number of hydrogen-bond donors (Lipinski definition) is 1. The van der Waals surface area contributed by atoms with E-state index in [0.717, 1.165) is 25.7 Å². The molecule has 0 saturated heterocycles. The van der Waals surface area contributed by atoms with Gasteiger partial charge in [-0.2, -0.15) is 0 Å². The fraction of sp³-hybridized carbons (Fsp3) is 0.400. The molecule has 1 aromatic carbocycles. The summed E-state index contributed by atoms with van der Waals surface area (Å²) in [5.41, 5.74) is 2.74. The first-order chi connectivity index (χ1) is 11.7. The van der Waals surface area contributed by atoms with Crippen molar-refractivity contribution >= 4 is 5.91 Å². The first kappa shape index (κ1) is 16.5. The van der Waals surface area contributed by atoms with Gasteiger partial charge in [-0.15, -0.1) is 0 Å². The molecule has 0 radical (unpaired) electrons. The molecule has 1 amide bonds. The molecule has 126 valence electrons. The number of hydrogen-bond acceptors (Lipinski definition) is 2. The number of benzene rings is 1. The highest BCUT2D eigenvalue weighted by atomic mass is 16.1. The van der Waals surface area contributed by atoms with Gasteiger partial charge in [-0.05, 0) is 48.8 Å². The van der Waals surface area contributed by atoms with Crippen LogP contribution in [0.15, 0.2) is 53.5 Å². The maximum Gasteiger partial charge on any atom is 0.250 e. The summed E-state index contributed by atoms with van der Waals surface area (Å²) >= 11 is 0. The summed E-state index contributed by atoms with van der Waals surface area (Å²) in [6.45, 7) is 1.24. The maximum absolute atomic E-state index is 12.2. The zero-order valence-corrected chi connectivity index (χ0v) is 13.9. The highest BCUT2D eigenvalue weighted by Crippen LogP contribution is 2.33. The number of carbonyl (C=O) groups is 1. The Hall–Kier alpha value is -2.36. The largest absolute Gasteiger partial charge is 0.356 e. The number of rotatable bonds is 6. The van der Waals surface area contributed by atoms with E-state index >= 15 is 0 Å². The van der Waals surface area contributed by atoms with E-state index < -0.39 is 0 Å². The first-order valence-electron chi connectivity index (χ1n) is 8.74. The van der Waals surface area contributed by atoms with E-state index in [4.69, 9.17) is 0 Å². The van der Waals surface area contributed by atoms with Crippen LogP contribution in [0.4, 0.5) is 0 Å². The van der Waals surface area contributed by atoms with Gasteiger partial charge < -0.3 is 9.88 Å². The molecule has 1 heterocycles. The highest BCUT2D eigenvalue weighted by molar-refractivity contribution is 5.77. The van der Waals surface area contributed by atoms with E-state index in [0.29, 0.717) is 25.4 Å². The second kappa shape index (κ2) is 7.95.